The summed E-state index contributed by atoms with van der Waals surface area (Å²) in [5, 5.41) is 8.40. The van der Waals surface area contributed by atoms with E-state index in [0.717, 1.165) is 6.07 Å². The molecule has 1 aromatic carbocycles. The summed E-state index contributed by atoms with van der Waals surface area (Å²) in [5.74, 6) is -1.98. The van der Waals surface area contributed by atoms with Gasteiger partial charge < -0.3 is 5.11 Å². The molecule has 0 unspecified atom stereocenters. The molecule has 66 valence electrons. The first kappa shape index (κ1) is 11.4. The molecule has 0 bridgehead atoms. The van der Waals surface area contributed by atoms with Crippen molar-refractivity contribution in [1.29, 1.82) is 0 Å². The summed E-state index contributed by atoms with van der Waals surface area (Å²) in [5.41, 5.74) is -0.312. The molecule has 0 aromatic heterocycles. The van der Waals surface area contributed by atoms with Crippen molar-refractivity contribution in [3.63, 3.8) is 0 Å². The van der Waals surface area contributed by atoms with E-state index in [9.17, 15) is 9.18 Å². The van der Waals surface area contributed by atoms with Gasteiger partial charge in [-0.15, -0.1) is 12.4 Å². The van der Waals surface area contributed by atoms with Crippen molar-refractivity contribution in [3.05, 3.63) is 34.1 Å². The monoisotopic (exact) mass is 254 g/mol. The van der Waals surface area contributed by atoms with Gasteiger partial charge in [-0.25, -0.2) is 9.18 Å². The molecule has 0 aliphatic rings. The molecule has 0 aliphatic heterocycles. The van der Waals surface area contributed by atoms with Crippen LogP contribution in [0.4, 0.5) is 4.39 Å². The molecule has 12 heavy (non-hydrogen) atoms. The molecular weight excluding hydrogens is 250 g/mol. The third-order valence-electron chi connectivity index (χ3n) is 1.16. The van der Waals surface area contributed by atoms with Crippen molar-refractivity contribution in [3.8, 4) is 0 Å². The Morgan fingerprint density at radius 3 is 2.50 bits per heavy atom. The highest BCUT2D eigenvalue weighted by molar-refractivity contribution is 9.10. The summed E-state index contributed by atoms with van der Waals surface area (Å²) in [6, 6.07) is 3.80. The third kappa shape index (κ3) is 2.46. The molecule has 0 saturated heterocycles. The van der Waals surface area contributed by atoms with E-state index in [1.54, 1.807) is 0 Å². The summed E-state index contributed by atoms with van der Waals surface area (Å²) < 4.78 is 13.2. The smallest absolute Gasteiger partial charge is 0.338 e. The van der Waals surface area contributed by atoms with Gasteiger partial charge in [0.15, 0.2) is 0 Å². The quantitative estimate of drug-likeness (QED) is 0.838. The lowest BCUT2D eigenvalue weighted by Gasteiger charge is -1.95. The second-order valence-electron chi connectivity index (χ2n) is 1.93. The number of carboxylic acid groups (broad SMARTS) is 1. The Morgan fingerprint density at radius 2 is 2.08 bits per heavy atom. The van der Waals surface area contributed by atoms with E-state index < -0.39 is 11.8 Å². The maximum atomic E-state index is 12.7. The van der Waals surface area contributed by atoms with Crippen molar-refractivity contribution in [2.24, 2.45) is 0 Å². The average Bonchev–Trinajstić information content (AvgIpc) is 1.85. The molecule has 0 spiro atoms. The van der Waals surface area contributed by atoms with Crippen LogP contribution in [-0.4, -0.2) is 11.1 Å². The minimum Gasteiger partial charge on any atom is -0.478 e. The number of benzene rings is 1. The van der Waals surface area contributed by atoms with Crippen LogP contribution in [0, 0.1) is 5.82 Å². The fourth-order valence-electron chi connectivity index (χ4n) is 0.663. The highest BCUT2D eigenvalue weighted by Gasteiger charge is 2.08. The summed E-state index contributed by atoms with van der Waals surface area (Å²) in [6.45, 7) is 0. The number of hydrogen-bond acceptors (Lipinski definition) is 1. The molecule has 0 atom stereocenters. The number of hydrogen-bond donors (Lipinski definition) is 1. The number of halogens is 3. The van der Waals surface area contributed by atoms with Crippen LogP contribution in [0.1, 0.15) is 10.4 Å². The number of aromatic carboxylic acids is 1. The number of rotatable bonds is 1. The van der Waals surface area contributed by atoms with Crippen LogP contribution in [0.3, 0.4) is 0 Å². The van der Waals surface area contributed by atoms with E-state index in [4.69, 9.17) is 5.11 Å². The van der Waals surface area contributed by atoms with Crippen LogP contribution >= 0.6 is 28.3 Å². The fraction of sp³-hybridized carbons (Fsp3) is 0. The van der Waals surface area contributed by atoms with Crippen LogP contribution in [0.15, 0.2) is 22.7 Å². The van der Waals surface area contributed by atoms with E-state index in [2.05, 4.69) is 15.9 Å². The molecule has 0 heterocycles. The van der Waals surface area contributed by atoms with Crippen LogP contribution < -0.4 is 0 Å². The normalized spacial score (nSPS) is 8.83. The Balaban J connectivity index is 0.00000121. The van der Waals surface area contributed by atoms with Gasteiger partial charge in [-0.3, -0.25) is 0 Å². The van der Waals surface area contributed by atoms with Gasteiger partial charge in [0.05, 0.1) is 5.56 Å². The van der Waals surface area contributed by atoms with E-state index in [1.807, 2.05) is 0 Å². The van der Waals surface area contributed by atoms with Crippen LogP contribution in [0.25, 0.3) is 0 Å². The summed E-state index contributed by atoms with van der Waals surface area (Å²) in [7, 11) is 0. The van der Waals surface area contributed by atoms with Crippen LogP contribution in [0.5, 0.6) is 0 Å². The lowest BCUT2D eigenvalue weighted by molar-refractivity contribution is 0.0692. The zero-order chi connectivity index (χ0) is 8.43. The predicted octanol–water partition coefficient (Wildman–Crippen LogP) is 2.71. The minimum atomic E-state index is -1.25. The average molecular weight is 255 g/mol. The Labute approximate surface area is 82.9 Å². The summed E-state index contributed by atoms with van der Waals surface area (Å²) in [4.78, 5) is 10.3. The number of carboxylic acids is 1. The first-order chi connectivity index (χ1) is 5.11. The maximum absolute atomic E-state index is 12.7. The second kappa shape index (κ2) is 4.42. The second-order valence-corrected chi connectivity index (χ2v) is 2.84. The van der Waals surface area contributed by atoms with Crippen LogP contribution in [0.2, 0.25) is 0 Å². The highest BCUT2D eigenvalue weighted by Crippen LogP contribution is 2.14. The predicted molar refractivity (Wildman–Crippen MR) is 48.3 cm³/mol. The zero-order valence-corrected chi connectivity index (χ0v) is 8.15. The topological polar surface area (TPSA) is 37.3 Å². The van der Waals surface area contributed by atoms with Gasteiger partial charge in [0.1, 0.15) is 5.82 Å². The maximum Gasteiger partial charge on any atom is 0.338 e. The Bertz CT molecular complexity index is 303. The molecule has 0 amide bonds. The third-order valence-corrected chi connectivity index (χ3v) is 1.65. The number of carbonyl (C=O) groups is 1. The molecule has 5 heteroatoms. The van der Waals surface area contributed by atoms with E-state index in [1.165, 1.54) is 12.1 Å². The van der Waals surface area contributed by atoms with Crippen LogP contribution in [-0.2, 0) is 0 Å². The lowest BCUT2D eigenvalue weighted by atomic mass is 10.2. The molecule has 1 N–H and O–H groups in total. The Kier molecular flexibility index (Phi) is 4.20. The molecule has 0 saturated carbocycles. The molecule has 1 rings (SSSR count). The molecular formula is C7H5BrClFO2. The van der Waals surface area contributed by atoms with E-state index >= 15 is 0 Å². The molecule has 0 aliphatic carbocycles. The SMILES string of the molecule is Cl.O=C(O)c1ccc(Br)cc1F. The minimum absolute atomic E-state index is 0. The zero-order valence-electron chi connectivity index (χ0n) is 5.75. The van der Waals surface area contributed by atoms with Gasteiger partial charge in [-0.1, -0.05) is 15.9 Å². The highest BCUT2D eigenvalue weighted by atomic mass is 79.9. The molecule has 0 radical (unpaired) electrons. The van der Waals surface area contributed by atoms with Crippen molar-refractivity contribution in [2.75, 3.05) is 0 Å². The van der Waals surface area contributed by atoms with Gasteiger partial charge in [-0.05, 0) is 18.2 Å². The Hall–Kier alpha value is -0.610. The van der Waals surface area contributed by atoms with Crippen molar-refractivity contribution in [2.45, 2.75) is 0 Å². The van der Waals surface area contributed by atoms with Gasteiger partial charge in [0.2, 0.25) is 0 Å². The van der Waals surface area contributed by atoms with E-state index in [0.29, 0.717) is 4.47 Å². The van der Waals surface area contributed by atoms with E-state index in [-0.39, 0.29) is 18.0 Å². The van der Waals surface area contributed by atoms with Gasteiger partial charge in [-0.2, -0.15) is 0 Å². The largest absolute Gasteiger partial charge is 0.478 e. The van der Waals surface area contributed by atoms with Gasteiger partial charge >= 0.3 is 5.97 Å². The molecule has 1 aromatic rings. The van der Waals surface area contributed by atoms with Gasteiger partial charge in [0, 0.05) is 4.47 Å². The first-order valence-corrected chi connectivity index (χ1v) is 3.59. The summed E-state index contributed by atoms with van der Waals surface area (Å²) in [6.07, 6.45) is 0. The molecule has 0 fully saturated rings. The lowest BCUT2D eigenvalue weighted by Crippen LogP contribution is -1.99. The van der Waals surface area contributed by atoms with Crippen molar-refractivity contribution < 1.29 is 14.3 Å². The first-order valence-electron chi connectivity index (χ1n) is 2.79. The fourth-order valence-corrected chi connectivity index (χ4v) is 0.996. The van der Waals surface area contributed by atoms with Gasteiger partial charge in [0.25, 0.3) is 0 Å². The standard InChI is InChI=1S/C7H4BrFO2.ClH/c8-4-1-2-5(7(10)11)6(9)3-4;/h1-3H,(H,10,11);1H. The molecule has 2 nitrogen and oxygen atoms in total. The summed E-state index contributed by atoms with van der Waals surface area (Å²) >= 11 is 3.01. The Morgan fingerprint density at radius 1 is 1.50 bits per heavy atom. The van der Waals surface area contributed by atoms with Crippen molar-refractivity contribution >= 4 is 34.3 Å². The van der Waals surface area contributed by atoms with Crippen molar-refractivity contribution in [1.82, 2.24) is 0 Å².